The third-order valence-corrected chi connectivity index (χ3v) is 4.37. The second-order valence-electron chi connectivity index (χ2n) is 6.97. The first-order chi connectivity index (χ1) is 12.9. The van der Waals surface area contributed by atoms with Gasteiger partial charge in [0.2, 0.25) is 5.91 Å². The van der Waals surface area contributed by atoms with Gasteiger partial charge in [0.25, 0.3) is 5.91 Å². The van der Waals surface area contributed by atoms with E-state index in [2.05, 4.69) is 17.2 Å². The van der Waals surface area contributed by atoms with Gasteiger partial charge in [0.05, 0.1) is 0 Å². The first kappa shape index (κ1) is 18.7. The fourth-order valence-corrected chi connectivity index (χ4v) is 2.61. The molecule has 27 heavy (non-hydrogen) atoms. The molecule has 5 heteroatoms. The van der Waals surface area contributed by atoms with E-state index in [1.54, 1.807) is 24.3 Å². The van der Waals surface area contributed by atoms with Crippen LogP contribution in [0.2, 0.25) is 0 Å². The molecule has 0 spiro atoms. The van der Waals surface area contributed by atoms with Crippen LogP contribution in [0.25, 0.3) is 0 Å². The molecule has 1 fully saturated rings. The summed E-state index contributed by atoms with van der Waals surface area (Å²) in [7, 11) is 0. The van der Waals surface area contributed by atoms with Gasteiger partial charge in [-0.15, -0.1) is 0 Å². The molecule has 0 aliphatic heterocycles. The summed E-state index contributed by atoms with van der Waals surface area (Å²) in [6, 6.07) is 12.5. The standard InChI is InChI=1S/C22H24N2O3/c1-14(2)13-27-18-7-4-6-17(12-18)22(26)24-20-9-5-8-19(15(20)3)23-21(25)16-10-11-16/h4-9,12,16H,1,10-11,13H2,2-3H3,(H,23,25)(H,24,26). The molecule has 5 nitrogen and oxygen atoms in total. The molecule has 0 aromatic heterocycles. The number of benzene rings is 2. The molecule has 0 atom stereocenters. The largest absolute Gasteiger partial charge is 0.489 e. The summed E-state index contributed by atoms with van der Waals surface area (Å²) in [5.41, 5.74) is 3.63. The van der Waals surface area contributed by atoms with E-state index in [4.69, 9.17) is 4.74 Å². The summed E-state index contributed by atoms with van der Waals surface area (Å²) >= 11 is 0. The van der Waals surface area contributed by atoms with Gasteiger partial charge in [-0.2, -0.15) is 0 Å². The van der Waals surface area contributed by atoms with Crippen molar-refractivity contribution < 1.29 is 14.3 Å². The lowest BCUT2D eigenvalue weighted by molar-refractivity contribution is -0.117. The Bertz CT molecular complexity index is 885. The molecular formula is C22H24N2O3. The zero-order valence-electron chi connectivity index (χ0n) is 15.7. The highest BCUT2D eigenvalue weighted by Gasteiger charge is 2.29. The van der Waals surface area contributed by atoms with Crippen LogP contribution >= 0.6 is 0 Å². The van der Waals surface area contributed by atoms with Gasteiger partial charge in [-0.05, 0) is 68.2 Å². The fourth-order valence-electron chi connectivity index (χ4n) is 2.61. The molecule has 1 aliphatic rings. The fraction of sp³-hybridized carbons (Fsp3) is 0.273. The summed E-state index contributed by atoms with van der Waals surface area (Å²) in [4.78, 5) is 24.6. The first-order valence-corrected chi connectivity index (χ1v) is 9.03. The molecule has 2 amide bonds. The lowest BCUT2D eigenvalue weighted by atomic mass is 10.1. The molecule has 0 radical (unpaired) electrons. The Morgan fingerprint density at radius 1 is 1.11 bits per heavy atom. The number of amides is 2. The first-order valence-electron chi connectivity index (χ1n) is 9.03. The molecule has 0 unspecified atom stereocenters. The maximum absolute atomic E-state index is 12.6. The third kappa shape index (κ3) is 4.97. The van der Waals surface area contributed by atoms with E-state index in [-0.39, 0.29) is 17.7 Å². The molecule has 3 rings (SSSR count). The summed E-state index contributed by atoms with van der Waals surface area (Å²) in [5, 5.41) is 5.86. The predicted octanol–water partition coefficient (Wildman–Crippen LogP) is 4.55. The topological polar surface area (TPSA) is 67.4 Å². The second kappa shape index (κ2) is 8.08. The van der Waals surface area contributed by atoms with E-state index in [9.17, 15) is 9.59 Å². The Labute approximate surface area is 159 Å². The van der Waals surface area contributed by atoms with Gasteiger partial charge in [0.1, 0.15) is 12.4 Å². The number of nitrogens with one attached hydrogen (secondary N) is 2. The monoisotopic (exact) mass is 364 g/mol. The number of carbonyl (C=O) groups excluding carboxylic acids is 2. The lowest BCUT2D eigenvalue weighted by Crippen LogP contribution is -2.16. The number of hydrogen-bond donors (Lipinski definition) is 2. The highest BCUT2D eigenvalue weighted by atomic mass is 16.5. The molecule has 2 aromatic carbocycles. The molecular weight excluding hydrogens is 340 g/mol. The summed E-state index contributed by atoms with van der Waals surface area (Å²) < 4.78 is 5.60. The highest BCUT2D eigenvalue weighted by Crippen LogP contribution is 2.31. The second-order valence-corrected chi connectivity index (χ2v) is 6.97. The van der Waals surface area contributed by atoms with E-state index < -0.39 is 0 Å². The van der Waals surface area contributed by atoms with Gasteiger partial charge in [-0.3, -0.25) is 9.59 Å². The summed E-state index contributed by atoms with van der Waals surface area (Å²) in [6.45, 7) is 7.97. The van der Waals surface area contributed by atoms with Crippen LogP contribution in [0.3, 0.4) is 0 Å². The van der Waals surface area contributed by atoms with Crippen molar-refractivity contribution in [2.45, 2.75) is 26.7 Å². The average molecular weight is 364 g/mol. The van der Waals surface area contributed by atoms with Crippen LogP contribution < -0.4 is 15.4 Å². The predicted molar refractivity (Wildman–Crippen MR) is 107 cm³/mol. The van der Waals surface area contributed by atoms with E-state index in [1.165, 1.54) is 0 Å². The van der Waals surface area contributed by atoms with Gasteiger partial charge < -0.3 is 15.4 Å². The van der Waals surface area contributed by atoms with Crippen molar-refractivity contribution in [3.63, 3.8) is 0 Å². The van der Waals surface area contributed by atoms with E-state index in [0.717, 1.165) is 29.7 Å². The van der Waals surface area contributed by atoms with Crippen LogP contribution in [-0.2, 0) is 4.79 Å². The van der Waals surface area contributed by atoms with Crippen molar-refractivity contribution >= 4 is 23.2 Å². The van der Waals surface area contributed by atoms with Crippen molar-refractivity contribution in [2.75, 3.05) is 17.2 Å². The molecule has 0 bridgehead atoms. The average Bonchev–Trinajstić information content (AvgIpc) is 3.48. The smallest absolute Gasteiger partial charge is 0.255 e. The molecule has 2 N–H and O–H groups in total. The number of carbonyl (C=O) groups is 2. The Hall–Kier alpha value is -3.08. The quantitative estimate of drug-likeness (QED) is 0.708. The Balaban J connectivity index is 1.71. The van der Waals surface area contributed by atoms with Gasteiger partial charge in [-0.25, -0.2) is 0 Å². The van der Waals surface area contributed by atoms with Crippen molar-refractivity contribution in [1.82, 2.24) is 0 Å². The Kier molecular flexibility index (Phi) is 5.60. The van der Waals surface area contributed by atoms with E-state index in [1.807, 2.05) is 32.0 Å². The SMILES string of the molecule is C=C(C)COc1cccc(C(=O)Nc2cccc(NC(=O)C3CC3)c2C)c1. The van der Waals surface area contributed by atoms with Crippen molar-refractivity contribution in [3.8, 4) is 5.75 Å². The minimum absolute atomic E-state index is 0.0453. The van der Waals surface area contributed by atoms with E-state index in [0.29, 0.717) is 23.6 Å². The van der Waals surface area contributed by atoms with Crippen LogP contribution in [0.5, 0.6) is 5.75 Å². The van der Waals surface area contributed by atoms with E-state index >= 15 is 0 Å². The maximum Gasteiger partial charge on any atom is 0.255 e. The maximum atomic E-state index is 12.6. The number of ether oxygens (including phenoxy) is 1. The van der Waals surface area contributed by atoms with Gasteiger partial charge in [-0.1, -0.05) is 18.7 Å². The van der Waals surface area contributed by atoms with Crippen LogP contribution in [0.15, 0.2) is 54.6 Å². The molecule has 1 aliphatic carbocycles. The van der Waals surface area contributed by atoms with Crippen molar-refractivity contribution in [1.29, 1.82) is 0 Å². The molecule has 1 saturated carbocycles. The highest BCUT2D eigenvalue weighted by molar-refractivity contribution is 6.05. The van der Waals surface area contributed by atoms with Gasteiger partial charge in [0, 0.05) is 22.9 Å². The normalized spacial score (nSPS) is 13.0. The lowest BCUT2D eigenvalue weighted by Gasteiger charge is -2.14. The summed E-state index contributed by atoms with van der Waals surface area (Å²) in [6.07, 6.45) is 1.90. The molecule has 0 saturated heterocycles. The van der Waals surface area contributed by atoms with Crippen molar-refractivity contribution in [3.05, 3.63) is 65.7 Å². The van der Waals surface area contributed by atoms with Crippen molar-refractivity contribution in [2.24, 2.45) is 5.92 Å². The Morgan fingerprint density at radius 2 is 1.78 bits per heavy atom. The van der Waals surface area contributed by atoms with Crippen LogP contribution in [-0.4, -0.2) is 18.4 Å². The third-order valence-electron chi connectivity index (χ3n) is 4.37. The van der Waals surface area contributed by atoms with Crippen LogP contribution in [0.1, 0.15) is 35.7 Å². The molecule has 2 aromatic rings. The van der Waals surface area contributed by atoms with Crippen LogP contribution in [0.4, 0.5) is 11.4 Å². The molecule has 140 valence electrons. The minimum Gasteiger partial charge on any atom is -0.489 e. The van der Waals surface area contributed by atoms with Crippen LogP contribution in [0, 0.1) is 12.8 Å². The van der Waals surface area contributed by atoms with Gasteiger partial charge in [0.15, 0.2) is 0 Å². The number of hydrogen-bond acceptors (Lipinski definition) is 3. The van der Waals surface area contributed by atoms with Gasteiger partial charge >= 0.3 is 0 Å². The zero-order chi connectivity index (χ0) is 19.4. The molecule has 0 heterocycles. The Morgan fingerprint density at radius 3 is 2.44 bits per heavy atom. The minimum atomic E-state index is -0.232. The number of rotatable bonds is 7. The number of anilines is 2. The zero-order valence-corrected chi connectivity index (χ0v) is 15.7. The summed E-state index contributed by atoms with van der Waals surface area (Å²) in [5.74, 6) is 0.561.